The summed E-state index contributed by atoms with van der Waals surface area (Å²) in [5.41, 5.74) is -1.48. The van der Waals surface area contributed by atoms with E-state index < -0.39 is 116 Å². The van der Waals surface area contributed by atoms with Crippen molar-refractivity contribution in [2.24, 2.45) is 11.8 Å². The number of methoxy groups -OCH3 is 1. The second-order valence-corrected chi connectivity index (χ2v) is 16.0. The Labute approximate surface area is 337 Å². The number of carbonyl (C=O) groups is 4. The van der Waals surface area contributed by atoms with Gasteiger partial charge >= 0.3 is 17.9 Å². The summed E-state index contributed by atoms with van der Waals surface area (Å²) in [5, 5.41) is 34.0. The first-order chi connectivity index (χ1) is 26.9. The number of allylic oxidation sites excluding steroid dienone is 3. The Morgan fingerprint density at radius 2 is 1.61 bits per heavy atom. The molecule has 1 unspecified atom stereocenters. The molecule has 0 saturated carbocycles. The van der Waals surface area contributed by atoms with Crippen molar-refractivity contribution in [3.05, 3.63) is 24.3 Å². The van der Waals surface area contributed by atoms with Crippen LogP contribution in [0.25, 0.3) is 0 Å². The van der Waals surface area contributed by atoms with Crippen molar-refractivity contribution in [1.29, 1.82) is 0 Å². The van der Waals surface area contributed by atoms with Crippen molar-refractivity contribution in [2.75, 3.05) is 21.2 Å². The third-order valence-corrected chi connectivity index (χ3v) is 10.9. The van der Waals surface area contributed by atoms with Gasteiger partial charge in [0.2, 0.25) is 0 Å². The molecule has 0 aromatic carbocycles. The molecule has 0 amide bonds. The van der Waals surface area contributed by atoms with Crippen LogP contribution in [0.2, 0.25) is 0 Å². The molecule has 57 heavy (non-hydrogen) atoms. The summed E-state index contributed by atoms with van der Waals surface area (Å²) in [7, 11) is 4.89. The van der Waals surface area contributed by atoms with E-state index in [9.17, 15) is 34.5 Å². The molecule has 16 atom stereocenters. The van der Waals surface area contributed by atoms with Crippen molar-refractivity contribution in [2.45, 2.75) is 179 Å². The zero-order valence-corrected chi connectivity index (χ0v) is 35.2. The smallest absolute Gasteiger partial charge is 0.310 e. The minimum atomic E-state index is -1.48. The summed E-state index contributed by atoms with van der Waals surface area (Å²) < 4.78 is 48.5. The largest absolute Gasteiger partial charge is 0.459 e. The number of hydrogen-bond acceptors (Lipinski definition) is 16. The summed E-state index contributed by atoms with van der Waals surface area (Å²) >= 11 is 0. The lowest BCUT2D eigenvalue weighted by atomic mass is 9.83. The van der Waals surface area contributed by atoms with Gasteiger partial charge in [0.05, 0.1) is 30.8 Å². The van der Waals surface area contributed by atoms with E-state index in [1.807, 2.05) is 13.0 Å². The molecule has 3 aliphatic rings. The fourth-order valence-corrected chi connectivity index (χ4v) is 7.83. The Hall–Kier alpha value is -2.80. The maximum Gasteiger partial charge on any atom is 0.310 e. The van der Waals surface area contributed by atoms with E-state index in [0.717, 1.165) is 6.29 Å². The molecule has 0 aromatic heterocycles. The van der Waals surface area contributed by atoms with Crippen LogP contribution < -0.4 is 0 Å². The van der Waals surface area contributed by atoms with Gasteiger partial charge < -0.3 is 62.9 Å². The average molecular weight is 814 g/mol. The molecule has 16 heteroatoms. The Balaban J connectivity index is 2.00. The van der Waals surface area contributed by atoms with Gasteiger partial charge in [-0.3, -0.25) is 14.4 Å². The first kappa shape index (κ1) is 48.6. The second kappa shape index (κ2) is 22.5. The first-order valence-corrected chi connectivity index (χ1v) is 20.1. The number of likely N-dealkylation sites (N-methyl/N-ethyl adjacent to an activating group) is 1. The summed E-state index contributed by atoms with van der Waals surface area (Å²) in [6, 6.07) is -0.760. The summed E-state index contributed by atoms with van der Waals surface area (Å²) in [6.07, 6.45) is -4.01. The maximum atomic E-state index is 13.3. The lowest BCUT2D eigenvalue weighted by molar-refractivity contribution is -0.344. The summed E-state index contributed by atoms with van der Waals surface area (Å²) in [4.78, 5) is 52.3. The van der Waals surface area contributed by atoms with E-state index >= 15 is 0 Å². The minimum absolute atomic E-state index is 0.00479. The van der Waals surface area contributed by atoms with Crippen LogP contribution in [-0.2, 0) is 57.1 Å². The number of nitrogens with zero attached hydrogens (tertiary/aromatic N) is 1. The third kappa shape index (κ3) is 13.6. The molecule has 0 bridgehead atoms. The van der Waals surface area contributed by atoms with Crippen LogP contribution in [0.3, 0.4) is 0 Å². The Bertz CT molecular complexity index is 1350. The normalized spacial score (nSPS) is 41.1. The average Bonchev–Trinajstić information content (AvgIpc) is 3.13. The number of cyclic esters (lactones) is 1. The highest BCUT2D eigenvalue weighted by Gasteiger charge is 2.53. The number of ether oxygens (including phenoxy) is 8. The van der Waals surface area contributed by atoms with Crippen LogP contribution in [0, 0.1) is 11.8 Å². The molecule has 3 aliphatic heterocycles. The van der Waals surface area contributed by atoms with Gasteiger partial charge in [-0.25, -0.2) is 0 Å². The predicted molar refractivity (Wildman–Crippen MR) is 205 cm³/mol. The van der Waals surface area contributed by atoms with Gasteiger partial charge in [0, 0.05) is 32.8 Å². The van der Waals surface area contributed by atoms with Crippen LogP contribution in [0.4, 0.5) is 0 Å². The Morgan fingerprint density at radius 3 is 2.21 bits per heavy atom. The van der Waals surface area contributed by atoms with E-state index in [1.165, 1.54) is 13.2 Å². The highest BCUT2D eigenvalue weighted by atomic mass is 16.7. The minimum Gasteiger partial charge on any atom is -0.459 e. The quantitative estimate of drug-likeness (QED) is 0.147. The topological polar surface area (TPSA) is 206 Å². The van der Waals surface area contributed by atoms with Gasteiger partial charge in [0.25, 0.3) is 0 Å². The molecule has 3 heterocycles. The summed E-state index contributed by atoms with van der Waals surface area (Å²) in [5.74, 6) is -2.41. The van der Waals surface area contributed by atoms with Crippen LogP contribution in [-0.4, -0.2) is 151 Å². The van der Waals surface area contributed by atoms with Gasteiger partial charge in [0.15, 0.2) is 18.7 Å². The number of esters is 3. The van der Waals surface area contributed by atoms with E-state index in [0.29, 0.717) is 12.8 Å². The van der Waals surface area contributed by atoms with E-state index in [2.05, 4.69) is 0 Å². The zero-order chi connectivity index (χ0) is 42.6. The number of rotatable bonds is 12. The monoisotopic (exact) mass is 813 g/mol. The fraction of sp³-hybridized carbons (Fsp3) is 0.805. The molecular weight excluding hydrogens is 746 g/mol. The Kier molecular flexibility index (Phi) is 19.2. The lowest BCUT2D eigenvalue weighted by Crippen LogP contribution is -2.66. The highest BCUT2D eigenvalue weighted by molar-refractivity contribution is 5.73. The van der Waals surface area contributed by atoms with Crippen LogP contribution >= 0.6 is 0 Å². The zero-order valence-electron chi connectivity index (χ0n) is 35.2. The molecule has 2 fully saturated rings. The van der Waals surface area contributed by atoms with Crippen molar-refractivity contribution in [3.63, 3.8) is 0 Å². The van der Waals surface area contributed by atoms with E-state index in [1.54, 1.807) is 72.7 Å². The summed E-state index contributed by atoms with van der Waals surface area (Å²) in [6.45, 7) is 11.8. The van der Waals surface area contributed by atoms with Crippen LogP contribution in [0.15, 0.2) is 24.3 Å². The molecule has 16 nitrogen and oxygen atoms in total. The standard InChI is InChI=1S/C41H67NO15/c1-11-30(45)54-29-21-32(47)51-24(4)28(44)17-15-13-14-16-23(3)20-27(18-19-43)37(38(29)50-10)57-40-35(48)34(42(8)9)36(25(5)53-40)56-33-22-41(7,49)39(26(6)52-33)55-31(46)12-2/h13-15,17,19,23-29,33-40,44,48-49H,11-12,16,18,20-22H2,1-10H3/b14-13+,17-15+/t23-,24+,25-,26-,27-,28?,29+,33+,34+,35-,36+,37-,38-,39-,40-,41+/m0/s1. The number of carbonyl (C=O) groups excluding carboxylic acids is 4. The van der Waals surface area contributed by atoms with Crippen molar-refractivity contribution >= 4 is 24.2 Å². The van der Waals surface area contributed by atoms with Gasteiger partial charge in [-0.1, -0.05) is 45.1 Å². The van der Waals surface area contributed by atoms with Crippen LogP contribution in [0.1, 0.15) is 93.4 Å². The highest BCUT2D eigenvalue weighted by Crippen LogP contribution is 2.37. The number of aldehydes is 1. The van der Waals surface area contributed by atoms with Crippen LogP contribution in [0.5, 0.6) is 0 Å². The van der Waals surface area contributed by atoms with Gasteiger partial charge in [-0.15, -0.1) is 0 Å². The first-order valence-electron chi connectivity index (χ1n) is 20.1. The molecule has 0 aliphatic carbocycles. The molecule has 3 N–H and O–H groups in total. The Morgan fingerprint density at radius 1 is 0.947 bits per heavy atom. The lowest BCUT2D eigenvalue weighted by Gasteiger charge is -2.50. The second-order valence-electron chi connectivity index (χ2n) is 16.0. The number of hydrogen-bond donors (Lipinski definition) is 3. The maximum absolute atomic E-state index is 13.3. The molecule has 2 saturated heterocycles. The molecule has 0 spiro atoms. The van der Waals surface area contributed by atoms with Gasteiger partial charge in [0.1, 0.15) is 48.5 Å². The van der Waals surface area contributed by atoms with Crippen molar-refractivity contribution in [1.82, 2.24) is 4.90 Å². The molecule has 3 rings (SSSR count). The van der Waals surface area contributed by atoms with Crippen molar-refractivity contribution in [3.8, 4) is 0 Å². The predicted octanol–water partition coefficient (Wildman–Crippen LogP) is 2.77. The SMILES string of the molecule is CCC(=O)O[C@@H]1CC(=O)O[C@H](C)C(O)/C=C/C=C/C[C@H](C)C[C@H](CC=O)[C@H](O[C@@H]2O[C@@H](C)[C@@H](O[C@@H]3C[C@@](C)(O)[C@@H](OC(=O)CC)[C@H](C)O3)[C@H](N(C)C)[C@@H]2O)[C@H]1OC. The molecule has 326 valence electrons. The third-order valence-electron chi connectivity index (χ3n) is 10.9. The molecule has 0 aromatic rings. The molecular formula is C41H67NO15. The van der Waals surface area contributed by atoms with Gasteiger partial charge in [-0.2, -0.15) is 0 Å². The molecule has 0 radical (unpaired) electrons. The number of aliphatic hydroxyl groups excluding tert-OH is 2. The van der Waals surface area contributed by atoms with Gasteiger partial charge in [-0.05, 0) is 66.5 Å². The fourth-order valence-electron chi connectivity index (χ4n) is 7.83. The van der Waals surface area contributed by atoms with E-state index in [4.69, 9.17) is 37.9 Å². The van der Waals surface area contributed by atoms with Crippen molar-refractivity contribution < 1.29 is 72.4 Å². The van der Waals surface area contributed by atoms with E-state index in [-0.39, 0.29) is 31.6 Å². The number of aliphatic hydroxyl groups is 3.